The SMILES string of the molecule is CCC(C)Oc1ccc(CN2CCC(C(=O)NN)CC2)cc1. The lowest BCUT2D eigenvalue weighted by atomic mass is 9.96. The molecule has 1 aromatic rings. The Bertz CT molecular complexity index is 467. The average molecular weight is 305 g/mol. The van der Waals surface area contributed by atoms with Gasteiger partial charge in [-0.25, -0.2) is 5.84 Å². The minimum atomic E-state index is -0.0359. The summed E-state index contributed by atoms with van der Waals surface area (Å²) in [5.74, 6) is 6.15. The molecule has 1 atom stereocenters. The monoisotopic (exact) mass is 305 g/mol. The first-order valence-corrected chi connectivity index (χ1v) is 8.10. The number of nitrogens with two attached hydrogens (primary N) is 1. The maximum atomic E-state index is 11.5. The second kappa shape index (κ2) is 8.15. The Morgan fingerprint density at radius 1 is 1.36 bits per heavy atom. The van der Waals surface area contributed by atoms with Crippen molar-refractivity contribution >= 4 is 5.91 Å². The molecule has 0 bridgehead atoms. The zero-order valence-electron chi connectivity index (χ0n) is 13.5. The maximum Gasteiger partial charge on any atom is 0.237 e. The summed E-state index contributed by atoms with van der Waals surface area (Å²) in [5, 5.41) is 0. The highest BCUT2D eigenvalue weighted by molar-refractivity contribution is 5.78. The van der Waals surface area contributed by atoms with Crippen molar-refractivity contribution in [1.82, 2.24) is 10.3 Å². The van der Waals surface area contributed by atoms with Crippen LogP contribution in [0.15, 0.2) is 24.3 Å². The zero-order chi connectivity index (χ0) is 15.9. The number of carbonyl (C=O) groups excluding carboxylic acids is 1. The second-order valence-corrected chi connectivity index (χ2v) is 6.04. The number of nitrogens with one attached hydrogen (secondary N) is 1. The Hall–Kier alpha value is -1.59. The van der Waals surface area contributed by atoms with Gasteiger partial charge in [0.25, 0.3) is 0 Å². The summed E-state index contributed by atoms with van der Waals surface area (Å²) in [4.78, 5) is 13.9. The van der Waals surface area contributed by atoms with E-state index in [2.05, 4.69) is 36.3 Å². The third-order valence-corrected chi connectivity index (χ3v) is 4.34. The van der Waals surface area contributed by atoms with Gasteiger partial charge < -0.3 is 4.74 Å². The first kappa shape index (κ1) is 16.8. The molecule has 1 aliphatic heterocycles. The highest BCUT2D eigenvalue weighted by atomic mass is 16.5. The predicted octanol–water partition coefficient (Wildman–Crippen LogP) is 2.07. The third kappa shape index (κ3) is 4.71. The number of likely N-dealkylation sites (tertiary alicyclic amines) is 1. The topological polar surface area (TPSA) is 67.6 Å². The van der Waals surface area contributed by atoms with Crippen LogP contribution < -0.4 is 16.0 Å². The van der Waals surface area contributed by atoms with E-state index in [1.807, 2.05) is 12.1 Å². The first-order chi connectivity index (χ1) is 10.6. The van der Waals surface area contributed by atoms with E-state index >= 15 is 0 Å². The van der Waals surface area contributed by atoms with Gasteiger partial charge in [-0.1, -0.05) is 19.1 Å². The summed E-state index contributed by atoms with van der Waals surface area (Å²) in [6, 6.07) is 8.32. The van der Waals surface area contributed by atoms with E-state index < -0.39 is 0 Å². The molecule has 22 heavy (non-hydrogen) atoms. The molecule has 3 N–H and O–H groups in total. The number of piperidine rings is 1. The fraction of sp³-hybridized carbons (Fsp3) is 0.588. The number of hydrogen-bond acceptors (Lipinski definition) is 4. The molecule has 1 aliphatic rings. The van der Waals surface area contributed by atoms with E-state index in [0.29, 0.717) is 0 Å². The molecule has 1 saturated heterocycles. The first-order valence-electron chi connectivity index (χ1n) is 8.10. The summed E-state index contributed by atoms with van der Waals surface area (Å²) in [7, 11) is 0. The Morgan fingerprint density at radius 2 is 2.00 bits per heavy atom. The molecule has 2 rings (SSSR count). The van der Waals surface area contributed by atoms with Gasteiger partial charge in [0.1, 0.15) is 5.75 Å². The van der Waals surface area contributed by atoms with E-state index in [0.717, 1.165) is 44.6 Å². The molecule has 1 fully saturated rings. The Balaban J connectivity index is 1.81. The number of hydrogen-bond donors (Lipinski definition) is 2. The number of nitrogens with zero attached hydrogens (tertiary/aromatic N) is 1. The molecule has 0 aliphatic carbocycles. The lowest BCUT2D eigenvalue weighted by molar-refractivity contribution is -0.126. The number of carbonyl (C=O) groups is 1. The van der Waals surface area contributed by atoms with Crippen LogP contribution in [-0.4, -0.2) is 30.0 Å². The summed E-state index contributed by atoms with van der Waals surface area (Å²) >= 11 is 0. The van der Waals surface area contributed by atoms with Crippen LogP contribution in [0.4, 0.5) is 0 Å². The molecule has 1 amide bonds. The fourth-order valence-electron chi connectivity index (χ4n) is 2.72. The van der Waals surface area contributed by atoms with Crippen LogP contribution in [0, 0.1) is 5.92 Å². The normalized spacial score (nSPS) is 18.0. The van der Waals surface area contributed by atoms with Gasteiger partial charge in [-0.15, -0.1) is 0 Å². The summed E-state index contributed by atoms with van der Waals surface area (Å²) in [5.41, 5.74) is 3.53. The number of ether oxygens (including phenoxy) is 1. The maximum absolute atomic E-state index is 11.5. The molecule has 0 radical (unpaired) electrons. The number of rotatable bonds is 6. The Labute approximate surface area is 132 Å². The van der Waals surface area contributed by atoms with Gasteiger partial charge >= 0.3 is 0 Å². The quantitative estimate of drug-likeness (QED) is 0.479. The lowest BCUT2D eigenvalue weighted by Crippen LogP contribution is -2.42. The molecular formula is C17H27N3O2. The fourth-order valence-corrected chi connectivity index (χ4v) is 2.72. The van der Waals surface area contributed by atoms with Crippen molar-refractivity contribution < 1.29 is 9.53 Å². The molecule has 1 aromatic carbocycles. The number of hydrazine groups is 1. The van der Waals surface area contributed by atoms with Crippen LogP contribution in [-0.2, 0) is 11.3 Å². The van der Waals surface area contributed by atoms with Gasteiger partial charge in [-0.3, -0.25) is 15.1 Å². The smallest absolute Gasteiger partial charge is 0.237 e. The van der Waals surface area contributed by atoms with Crippen molar-refractivity contribution in [3.8, 4) is 5.75 Å². The van der Waals surface area contributed by atoms with Crippen molar-refractivity contribution in [2.45, 2.75) is 45.8 Å². The molecule has 1 unspecified atom stereocenters. The van der Waals surface area contributed by atoms with Gasteiger partial charge in [-0.2, -0.15) is 0 Å². The average Bonchev–Trinajstić information content (AvgIpc) is 2.56. The number of benzene rings is 1. The molecular weight excluding hydrogens is 278 g/mol. The van der Waals surface area contributed by atoms with Crippen LogP contribution in [0.1, 0.15) is 38.7 Å². The van der Waals surface area contributed by atoms with Gasteiger partial charge in [0.15, 0.2) is 0 Å². The van der Waals surface area contributed by atoms with Crippen LogP contribution in [0.3, 0.4) is 0 Å². The molecule has 0 spiro atoms. The standard InChI is InChI=1S/C17H27N3O2/c1-3-13(2)22-16-6-4-14(5-7-16)12-20-10-8-15(9-11-20)17(21)19-18/h4-7,13,15H,3,8-12,18H2,1-2H3,(H,19,21). The van der Waals surface area contributed by atoms with Crippen molar-refractivity contribution in [2.24, 2.45) is 11.8 Å². The van der Waals surface area contributed by atoms with Crippen LogP contribution in [0.5, 0.6) is 5.75 Å². The third-order valence-electron chi connectivity index (χ3n) is 4.34. The largest absolute Gasteiger partial charge is 0.491 e. The van der Waals surface area contributed by atoms with Gasteiger partial charge in [0.2, 0.25) is 5.91 Å². The summed E-state index contributed by atoms with van der Waals surface area (Å²) in [6.45, 7) is 6.98. The Kier molecular flexibility index (Phi) is 6.21. The van der Waals surface area contributed by atoms with Crippen molar-refractivity contribution in [1.29, 1.82) is 0 Å². The molecule has 0 aromatic heterocycles. The lowest BCUT2D eigenvalue weighted by Gasteiger charge is -2.31. The molecule has 122 valence electrons. The van der Waals surface area contributed by atoms with Crippen molar-refractivity contribution in [2.75, 3.05) is 13.1 Å². The molecule has 5 nitrogen and oxygen atoms in total. The van der Waals surface area contributed by atoms with Gasteiger partial charge in [-0.05, 0) is 57.0 Å². The van der Waals surface area contributed by atoms with Crippen molar-refractivity contribution in [3.63, 3.8) is 0 Å². The van der Waals surface area contributed by atoms with E-state index in [-0.39, 0.29) is 17.9 Å². The highest BCUT2D eigenvalue weighted by Gasteiger charge is 2.24. The molecule has 5 heteroatoms. The van der Waals surface area contributed by atoms with E-state index in [1.54, 1.807) is 0 Å². The van der Waals surface area contributed by atoms with E-state index in [4.69, 9.17) is 10.6 Å². The van der Waals surface area contributed by atoms with Crippen LogP contribution >= 0.6 is 0 Å². The minimum absolute atomic E-state index is 0.0359. The zero-order valence-corrected chi connectivity index (χ0v) is 13.5. The minimum Gasteiger partial charge on any atom is -0.491 e. The van der Waals surface area contributed by atoms with Gasteiger partial charge in [0, 0.05) is 12.5 Å². The van der Waals surface area contributed by atoms with Gasteiger partial charge in [0.05, 0.1) is 6.10 Å². The van der Waals surface area contributed by atoms with Crippen molar-refractivity contribution in [3.05, 3.63) is 29.8 Å². The predicted molar refractivity (Wildman–Crippen MR) is 87.2 cm³/mol. The molecule has 1 heterocycles. The van der Waals surface area contributed by atoms with E-state index in [9.17, 15) is 4.79 Å². The Morgan fingerprint density at radius 3 is 2.55 bits per heavy atom. The highest BCUT2D eigenvalue weighted by Crippen LogP contribution is 2.20. The summed E-state index contributed by atoms with van der Waals surface area (Å²) in [6.07, 6.45) is 3.00. The van der Waals surface area contributed by atoms with E-state index in [1.165, 1.54) is 5.56 Å². The van der Waals surface area contributed by atoms with Crippen LogP contribution in [0.25, 0.3) is 0 Å². The van der Waals surface area contributed by atoms with Crippen LogP contribution in [0.2, 0.25) is 0 Å². The summed E-state index contributed by atoms with van der Waals surface area (Å²) < 4.78 is 5.79. The second-order valence-electron chi connectivity index (χ2n) is 6.04. The number of amides is 1. The molecule has 0 saturated carbocycles.